The van der Waals surface area contributed by atoms with Gasteiger partial charge in [0.15, 0.2) is 5.88 Å². The number of carbonyl (C=O) groups is 2. The summed E-state index contributed by atoms with van der Waals surface area (Å²) in [6.07, 6.45) is 0.0909. The lowest BCUT2D eigenvalue weighted by Gasteiger charge is -2.39. The van der Waals surface area contributed by atoms with Gasteiger partial charge in [0, 0.05) is 42.9 Å². The van der Waals surface area contributed by atoms with E-state index in [1.54, 1.807) is 11.0 Å². The number of anilines is 1. The molecule has 10 heteroatoms. The van der Waals surface area contributed by atoms with Crippen LogP contribution in [0.1, 0.15) is 48.9 Å². The van der Waals surface area contributed by atoms with Crippen LogP contribution in [-0.4, -0.2) is 60.0 Å². The van der Waals surface area contributed by atoms with Crippen molar-refractivity contribution in [1.29, 1.82) is 5.26 Å². The zero-order valence-corrected chi connectivity index (χ0v) is 22.0. The highest BCUT2D eigenvalue weighted by molar-refractivity contribution is 5.95. The van der Waals surface area contributed by atoms with Gasteiger partial charge in [-0.25, -0.2) is 8.78 Å². The molecule has 3 aliphatic rings. The standard InChI is InChI=1S/C30H30F2N4O4/c31-30(32)11-9-29(10-12-30,27(38)35-28(19-33)7-8-28)34-25-18-23-6-5-22(17-24(23)40-25)20-1-3-21(4-2-20)26(37)36-13-15-39-16-14-36/h1-6,17-18,34H,7-16H2,(H,35,38). The summed E-state index contributed by atoms with van der Waals surface area (Å²) in [5, 5.41) is 16.1. The molecular formula is C30H30F2N4O4. The van der Waals surface area contributed by atoms with Crippen molar-refractivity contribution in [3.63, 3.8) is 0 Å². The minimum atomic E-state index is -2.83. The quantitative estimate of drug-likeness (QED) is 0.444. The largest absolute Gasteiger partial charge is 0.441 e. The maximum Gasteiger partial charge on any atom is 0.254 e. The Kier molecular flexibility index (Phi) is 6.50. The van der Waals surface area contributed by atoms with Crippen molar-refractivity contribution < 1.29 is 27.5 Å². The van der Waals surface area contributed by atoms with Gasteiger partial charge in [0.05, 0.1) is 19.3 Å². The Morgan fingerprint density at radius 2 is 1.57 bits per heavy atom. The number of fused-ring (bicyclic) bond motifs is 1. The van der Waals surface area contributed by atoms with E-state index in [0.717, 1.165) is 16.5 Å². The Balaban J connectivity index is 1.21. The van der Waals surface area contributed by atoms with Crippen LogP contribution in [0.15, 0.2) is 52.9 Å². The van der Waals surface area contributed by atoms with Gasteiger partial charge in [-0.15, -0.1) is 0 Å². The summed E-state index contributed by atoms with van der Waals surface area (Å²) in [5.41, 5.74) is 0.768. The molecule has 0 atom stereocenters. The maximum atomic E-state index is 14.0. The highest BCUT2D eigenvalue weighted by Crippen LogP contribution is 2.43. The first-order valence-electron chi connectivity index (χ1n) is 13.6. The van der Waals surface area contributed by atoms with Gasteiger partial charge in [-0.2, -0.15) is 5.26 Å². The smallest absolute Gasteiger partial charge is 0.254 e. The lowest BCUT2D eigenvalue weighted by Crippen LogP contribution is -2.58. The Bertz CT molecular complexity index is 1470. The van der Waals surface area contributed by atoms with E-state index >= 15 is 0 Å². The van der Waals surface area contributed by atoms with E-state index in [1.807, 2.05) is 42.5 Å². The average Bonchev–Trinajstić information content (AvgIpc) is 3.63. The number of nitrogens with zero attached hydrogens (tertiary/aromatic N) is 2. The molecule has 0 spiro atoms. The van der Waals surface area contributed by atoms with Crippen molar-refractivity contribution in [2.45, 2.75) is 55.5 Å². The third-order valence-electron chi connectivity index (χ3n) is 8.23. The fraction of sp³-hybridized carbons (Fsp3) is 0.433. The molecule has 0 bridgehead atoms. The maximum absolute atomic E-state index is 14.0. The molecule has 2 saturated carbocycles. The van der Waals surface area contributed by atoms with E-state index < -0.39 is 35.7 Å². The number of furan rings is 1. The number of ether oxygens (including phenoxy) is 1. The fourth-order valence-electron chi connectivity index (χ4n) is 5.44. The molecule has 3 fully saturated rings. The zero-order chi connectivity index (χ0) is 28.0. The molecule has 2 aliphatic carbocycles. The Hall–Kier alpha value is -3.97. The molecule has 2 amide bonds. The van der Waals surface area contributed by atoms with Crippen molar-refractivity contribution in [3.8, 4) is 17.2 Å². The number of halogens is 2. The van der Waals surface area contributed by atoms with E-state index in [2.05, 4.69) is 16.7 Å². The normalized spacial score (nSPS) is 20.9. The SMILES string of the molecule is N#CC1(NC(=O)C2(Nc3cc4ccc(-c5ccc(C(=O)N6CCOCC6)cc5)cc4o3)CCC(F)(F)CC2)CC1. The van der Waals surface area contributed by atoms with E-state index in [-0.39, 0.29) is 18.7 Å². The highest BCUT2D eigenvalue weighted by atomic mass is 19.3. The second-order valence-electron chi connectivity index (χ2n) is 11.1. The molecule has 0 unspecified atom stereocenters. The van der Waals surface area contributed by atoms with Gasteiger partial charge >= 0.3 is 0 Å². The molecule has 0 radical (unpaired) electrons. The summed E-state index contributed by atoms with van der Waals surface area (Å²) in [4.78, 5) is 27.9. The molecule has 8 nitrogen and oxygen atoms in total. The number of morpholine rings is 1. The van der Waals surface area contributed by atoms with E-state index in [0.29, 0.717) is 56.2 Å². The van der Waals surface area contributed by atoms with Gasteiger partial charge < -0.3 is 24.7 Å². The molecule has 208 valence electrons. The lowest BCUT2D eigenvalue weighted by molar-refractivity contribution is -0.130. The van der Waals surface area contributed by atoms with E-state index in [4.69, 9.17) is 9.15 Å². The second kappa shape index (κ2) is 9.89. The first-order valence-corrected chi connectivity index (χ1v) is 13.6. The first kappa shape index (κ1) is 26.3. The van der Waals surface area contributed by atoms with Crippen LogP contribution in [0.5, 0.6) is 0 Å². The summed E-state index contributed by atoms with van der Waals surface area (Å²) < 4.78 is 39.5. The van der Waals surface area contributed by atoms with Gasteiger partial charge in [-0.3, -0.25) is 9.59 Å². The summed E-state index contributed by atoms with van der Waals surface area (Å²) in [7, 11) is 0. The number of hydrogen-bond acceptors (Lipinski definition) is 6. The van der Waals surface area contributed by atoms with Crippen LogP contribution in [0.2, 0.25) is 0 Å². The number of amides is 2. The van der Waals surface area contributed by atoms with Crippen LogP contribution in [0.4, 0.5) is 14.7 Å². The van der Waals surface area contributed by atoms with Gasteiger partial charge in [-0.1, -0.05) is 24.3 Å². The van der Waals surface area contributed by atoms with Crippen molar-refractivity contribution in [2.24, 2.45) is 0 Å². The van der Waals surface area contributed by atoms with Crippen LogP contribution in [-0.2, 0) is 9.53 Å². The molecular weight excluding hydrogens is 518 g/mol. The Morgan fingerprint density at radius 1 is 0.900 bits per heavy atom. The minimum Gasteiger partial charge on any atom is -0.441 e. The van der Waals surface area contributed by atoms with Crippen molar-refractivity contribution in [1.82, 2.24) is 10.2 Å². The number of alkyl halides is 2. The highest BCUT2D eigenvalue weighted by Gasteiger charge is 2.53. The second-order valence-corrected chi connectivity index (χ2v) is 11.1. The number of carbonyl (C=O) groups excluding carboxylic acids is 2. The Morgan fingerprint density at radius 3 is 2.23 bits per heavy atom. The molecule has 2 N–H and O–H groups in total. The van der Waals surface area contributed by atoms with Gasteiger partial charge in [-0.05, 0) is 55.0 Å². The average molecular weight is 549 g/mol. The number of benzene rings is 2. The predicted octanol–water partition coefficient (Wildman–Crippen LogP) is 5.10. The third-order valence-corrected chi connectivity index (χ3v) is 8.23. The van der Waals surface area contributed by atoms with Crippen LogP contribution in [0, 0.1) is 11.3 Å². The molecule has 1 aliphatic heterocycles. The number of hydrogen-bond donors (Lipinski definition) is 2. The van der Waals surface area contributed by atoms with Crippen molar-refractivity contribution in [2.75, 3.05) is 31.6 Å². The third kappa shape index (κ3) is 5.13. The molecule has 3 aromatic rings. The first-order chi connectivity index (χ1) is 19.2. The fourth-order valence-corrected chi connectivity index (χ4v) is 5.44. The topological polar surface area (TPSA) is 108 Å². The van der Waals surface area contributed by atoms with E-state index in [1.165, 1.54) is 0 Å². The van der Waals surface area contributed by atoms with Crippen LogP contribution in [0.3, 0.4) is 0 Å². The summed E-state index contributed by atoms with van der Waals surface area (Å²) in [6.45, 7) is 2.25. The Labute approximate surface area is 230 Å². The van der Waals surface area contributed by atoms with Crippen LogP contribution < -0.4 is 10.6 Å². The summed E-state index contributed by atoms with van der Waals surface area (Å²) >= 11 is 0. The van der Waals surface area contributed by atoms with Crippen LogP contribution >= 0.6 is 0 Å². The summed E-state index contributed by atoms with van der Waals surface area (Å²) in [5.74, 6) is -2.99. The molecule has 1 aromatic heterocycles. The monoisotopic (exact) mass is 548 g/mol. The molecule has 2 heterocycles. The molecule has 1 saturated heterocycles. The molecule has 40 heavy (non-hydrogen) atoms. The summed E-state index contributed by atoms with van der Waals surface area (Å²) in [6, 6.07) is 17.0. The van der Waals surface area contributed by atoms with E-state index in [9.17, 15) is 23.6 Å². The van der Waals surface area contributed by atoms with Crippen molar-refractivity contribution in [3.05, 3.63) is 54.1 Å². The van der Waals surface area contributed by atoms with Crippen molar-refractivity contribution >= 4 is 28.7 Å². The van der Waals surface area contributed by atoms with Gasteiger partial charge in [0.1, 0.15) is 16.7 Å². The zero-order valence-electron chi connectivity index (χ0n) is 22.0. The van der Waals surface area contributed by atoms with Gasteiger partial charge in [0.25, 0.3) is 5.91 Å². The minimum absolute atomic E-state index is 0.0205. The molecule has 2 aromatic carbocycles. The number of rotatable bonds is 6. The number of nitriles is 1. The number of nitrogens with one attached hydrogen (secondary N) is 2. The lowest BCUT2D eigenvalue weighted by atomic mass is 9.79. The van der Waals surface area contributed by atoms with Crippen LogP contribution in [0.25, 0.3) is 22.1 Å². The van der Waals surface area contributed by atoms with Gasteiger partial charge in [0.2, 0.25) is 11.8 Å². The predicted molar refractivity (Wildman–Crippen MR) is 144 cm³/mol. The molecule has 6 rings (SSSR count).